The molecule has 0 aromatic heterocycles. The molecule has 2 N–H and O–H groups in total. The average molecular weight is 284 g/mol. The molecular formula is C13H16O5S. The van der Waals surface area contributed by atoms with E-state index >= 15 is 0 Å². The van der Waals surface area contributed by atoms with Gasteiger partial charge in [0.1, 0.15) is 5.41 Å². The van der Waals surface area contributed by atoms with Gasteiger partial charge in [-0.25, -0.2) is 8.42 Å². The summed E-state index contributed by atoms with van der Waals surface area (Å²) in [4.78, 5) is 11.4. The Morgan fingerprint density at radius 1 is 1.32 bits per heavy atom. The molecule has 0 saturated heterocycles. The topological polar surface area (TPSA) is 91.7 Å². The first-order valence-electron chi connectivity index (χ1n) is 6.02. The predicted molar refractivity (Wildman–Crippen MR) is 69.6 cm³/mol. The molecule has 1 saturated carbocycles. The van der Waals surface area contributed by atoms with Crippen LogP contribution in [0.2, 0.25) is 0 Å². The smallest absolute Gasteiger partial charge is 0.314 e. The lowest BCUT2D eigenvalue weighted by atomic mass is 10.0. The highest BCUT2D eigenvalue weighted by atomic mass is 32.2. The predicted octanol–water partition coefficient (Wildman–Crippen LogP) is 0.650. The standard InChI is InChI=1S/C13H16O5S/c1-2-19(17,18)11-10(9-6-4-3-5-7-9)13(11,8-14)12(15)16/h3-7,10-11,14H,2,8H2,1H3,(H,15,16). The highest BCUT2D eigenvalue weighted by Crippen LogP contribution is 2.63. The number of aliphatic hydroxyl groups excluding tert-OH is 1. The molecule has 3 atom stereocenters. The Labute approximate surface area is 111 Å². The quantitative estimate of drug-likeness (QED) is 0.828. The van der Waals surface area contributed by atoms with Crippen molar-refractivity contribution >= 4 is 15.8 Å². The summed E-state index contributed by atoms with van der Waals surface area (Å²) in [5, 5.41) is 17.7. The van der Waals surface area contributed by atoms with E-state index in [1.165, 1.54) is 6.92 Å². The van der Waals surface area contributed by atoms with Crippen LogP contribution in [-0.4, -0.2) is 42.2 Å². The Balaban J connectivity index is 2.51. The van der Waals surface area contributed by atoms with Crippen molar-refractivity contribution in [1.29, 1.82) is 0 Å². The molecule has 6 heteroatoms. The van der Waals surface area contributed by atoms with E-state index in [0.717, 1.165) is 0 Å². The van der Waals surface area contributed by atoms with Gasteiger partial charge in [0, 0.05) is 11.7 Å². The van der Waals surface area contributed by atoms with Gasteiger partial charge >= 0.3 is 5.97 Å². The average Bonchev–Trinajstić information content (AvgIpc) is 3.11. The summed E-state index contributed by atoms with van der Waals surface area (Å²) < 4.78 is 24.1. The zero-order valence-electron chi connectivity index (χ0n) is 10.5. The molecule has 1 aromatic carbocycles. The summed E-state index contributed by atoms with van der Waals surface area (Å²) in [7, 11) is -3.53. The van der Waals surface area contributed by atoms with Gasteiger partial charge in [0.15, 0.2) is 9.84 Å². The fourth-order valence-electron chi connectivity index (χ4n) is 2.76. The van der Waals surface area contributed by atoms with Gasteiger partial charge in [0.05, 0.1) is 11.9 Å². The van der Waals surface area contributed by atoms with Crippen molar-refractivity contribution in [3.8, 4) is 0 Å². The Bertz CT molecular complexity index is 580. The first kappa shape index (κ1) is 14.0. The van der Waals surface area contributed by atoms with E-state index in [0.29, 0.717) is 5.56 Å². The number of carboxylic acids is 1. The van der Waals surface area contributed by atoms with E-state index < -0.39 is 39.0 Å². The Morgan fingerprint density at radius 2 is 1.89 bits per heavy atom. The van der Waals surface area contributed by atoms with Gasteiger partial charge < -0.3 is 10.2 Å². The van der Waals surface area contributed by atoms with Crippen molar-refractivity contribution in [2.45, 2.75) is 18.1 Å². The third kappa shape index (κ3) is 1.95. The summed E-state index contributed by atoms with van der Waals surface area (Å²) >= 11 is 0. The van der Waals surface area contributed by atoms with Gasteiger partial charge in [0.25, 0.3) is 0 Å². The van der Waals surface area contributed by atoms with Crippen molar-refractivity contribution in [3.05, 3.63) is 35.9 Å². The Kier molecular flexibility index (Phi) is 3.40. The van der Waals surface area contributed by atoms with Crippen LogP contribution in [0.1, 0.15) is 18.4 Å². The molecule has 3 unspecified atom stereocenters. The molecule has 1 aliphatic carbocycles. The first-order chi connectivity index (χ1) is 8.91. The summed E-state index contributed by atoms with van der Waals surface area (Å²) in [6.07, 6.45) is 0. The number of rotatable bonds is 5. The monoisotopic (exact) mass is 284 g/mol. The maximum absolute atomic E-state index is 12.0. The van der Waals surface area contributed by atoms with Crippen LogP contribution in [-0.2, 0) is 14.6 Å². The molecule has 0 aliphatic heterocycles. The van der Waals surface area contributed by atoms with E-state index in [9.17, 15) is 23.4 Å². The minimum Gasteiger partial charge on any atom is -0.481 e. The van der Waals surface area contributed by atoms with Gasteiger partial charge in [-0.3, -0.25) is 4.79 Å². The maximum atomic E-state index is 12.0. The molecule has 2 rings (SSSR count). The van der Waals surface area contributed by atoms with Crippen LogP contribution >= 0.6 is 0 Å². The van der Waals surface area contributed by atoms with Crippen molar-refractivity contribution in [3.63, 3.8) is 0 Å². The first-order valence-corrected chi connectivity index (χ1v) is 7.74. The molecule has 0 radical (unpaired) electrons. The molecule has 0 spiro atoms. The normalized spacial score (nSPS) is 30.0. The molecule has 1 aliphatic rings. The highest BCUT2D eigenvalue weighted by Gasteiger charge is 2.75. The van der Waals surface area contributed by atoms with Crippen LogP contribution in [0.4, 0.5) is 0 Å². The lowest BCUT2D eigenvalue weighted by Crippen LogP contribution is -2.28. The molecule has 104 valence electrons. The number of hydrogen-bond donors (Lipinski definition) is 2. The third-order valence-corrected chi connectivity index (χ3v) is 6.14. The number of carbonyl (C=O) groups is 1. The fraction of sp³-hybridized carbons (Fsp3) is 0.462. The van der Waals surface area contributed by atoms with Crippen LogP contribution < -0.4 is 0 Å². The number of hydrogen-bond acceptors (Lipinski definition) is 4. The van der Waals surface area contributed by atoms with Gasteiger partial charge in [-0.15, -0.1) is 0 Å². The molecule has 1 fully saturated rings. The van der Waals surface area contributed by atoms with E-state index in [-0.39, 0.29) is 5.75 Å². The van der Waals surface area contributed by atoms with Gasteiger partial charge in [-0.05, 0) is 5.56 Å². The summed E-state index contributed by atoms with van der Waals surface area (Å²) in [6.45, 7) is 0.811. The molecular weight excluding hydrogens is 268 g/mol. The van der Waals surface area contributed by atoms with Crippen LogP contribution in [0.3, 0.4) is 0 Å². The van der Waals surface area contributed by atoms with Crippen molar-refractivity contribution in [2.75, 3.05) is 12.4 Å². The SMILES string of the molecule is CCS(=O)(=O)C1C(c2ccccc2)C1(CO)C(=O)O. The van der Waals surface area contributed by atoms with E-state index in [4.69, 9.17) is 0 Å². The van der Waals surface area contributed by atoms with Crippen LogP contribution in [0.25, 0.3) is 0 Å². The zero-order valence-corrected chi connectivity index (χ0v) is 11.3. The molecule has 1 aromatic rings. The fourth-order valence-corrected chi connectivity index (χ4v) is 4.81. The number of aliphatic hydroxyl groups is 1. The molecule has 0 bridgehead atoms. The number of carboxylic acid groups (broad SMARTS) is 1. The van der Waals surface area contributed by atoms with Crippen molar-refractivity contribution in [2.24, 2.45) is 5.41 Å². The lowest BCUT2D eigenvalue weighted by molar-refractivity contribution is -0.145. The van der Waals surface area contributed by atoms with Crippen molar-refractivity contribution in [1.82, 2.24) is 0 Å². The van der Waals surface area contributed by atoms with Gasteiger partial charge in [0.2, 0.25) is 0 Å². The third-order valence-electron chi connectivity index (χ3n) is 3.86. The summed E-state index contributed by atoms with van der Waals surface area (Å²) in [5.74, 6) is -2.07. The van der Waals surface area contributed by atoms with E-state index in [1.807, 2.05) is 0 Å². The Hall–Kier alpha value is -1.40. The van der Waals surface area contributed by atoms with Crippen LogP contribution in [0.5, 0.6) is 0 Å². The number of benzene rings is 1. The zero-order chi connectivity index (χ0) is 14.3. The minimum atomic E-state index is -3.53. The van der Waals surface area contributed by atoms with Crippen molar-refractivity contribution < 1.29 is 23.4 Å². The second kappa shape index (κ2) is 4.61. The maximum Gasteiger partial charge on any atom is 0.314 e. The molecule has 0 heterocycles. The summed E-state index contributed by atoms with van der Waals surface area (Å²) in [6, 6.07) is 8.63. The molecule has 0 amide bonds. The largest absolute Gasteiger partial charge is 0.481 e. The number of sulfone groups is 1. The second-order valence-electron chi connectivity index (χ2n) is 4.76. The van der Waals surface area contributed by atoms with Gasteiger partial charge in [-0.2, -0.15) is 0 Å². The summed E-state index contributed by atoms with van der Waals surface area (Å²) in [5.41, 5.74) is -0.961. The van der Waals surface area contributed by atoms with Gasteiger partial charge in [-0.1, -0.05) is 37.3 Å². The van der Waals surface area contributed by atoms with E-state index in [2.05, 4.69) is 0 Å². The highest BCUT2D eigenvalue weighted by molar-refractivity contribution is 7.92. The molecule has 5 nitrogen and oxygen atoms in total. The lowest BCUT2D eigenvalue weighted by Gasteiger charge is -2.08. The minimum absolute atomic E-state index is 0.129. The van der Waals surface area contributed by atoms with E-state index in [1.54, 1.807) is 30.3 Å². The van der Waals surface area contributed by atoms with Crippen LogP contribution in [0.15, 0.2) is 30.3 Å². The number of aliphatic carboxylic acids is 1. The second-order valence-corrected chi connectivity index (χ2v) is 7.18. The Morgan fingerprint density at radius 3 is 2.32 bits per heavy atom. The van der Waals surface area contributed by atoms with Crippen LogP contribution in [0, 0.1) is 5.41 Å². The molecule has 19 heavy (non-hydrogen) atoms.